The first-order valence-corrected chi connectivity index (χ1v) is 13.0. The quantitative estimate of drug-likeness (QED) is 0.331. The van der Waals surface area contributed by atoms with Crippen molar-refractivity contribution in [2.45, 2.75) is 64.8 Å². The van der Waals surface area contributed by atoms with Crippen LogP contribution >= 0.6 is 12.1 Å². The molecule has 35 heavy (non-hydrogen) atoms. The molecule has 1 aliphatic rings. The summed E-state index contributed by atoms with van der Waals surface area (Å²) < 4.78 is 30.1. The first kappa shape index (κ1) is 35.4. The molecule has 0 bridgehead atoms. The fraction of sp³-hybridized carbons (Fsp3) is 0.615. The molecule has 0 saturated heterocycles. The lowest BCUT2D eigenvalue weighted by molar-refractivity contribution is -0.148. The molecule has 5 N–H and O–H groups in total. The maximum absolute atomic E-state index is 12.9. The topological polar surface area (TPSA) is 79.8 Å². The minimum Gasteiger partial charge on any atom is -0.405 e. The van der Waals surface area contributed by atoms with Crippen LogP contribution in [0.15, 0.2) is 49.4 Å². The Morgan fingerprint density at radius 1 is 1.26 bits per heavy atom. The molecule has 0 aliphatic heterocycles. The van der Waals surface area contributed by atoms with Gasteiger partial charge in [-0.25, -0.2) is 13.4 Å². The Bertz CT molecular complexity index is 660. The number of hydrogen-bond donors (Lipinski definition) is 3. The third kappa shape index (κ3) is 18.2. The zero-order valence-corrected chi connectivity index (χ0v) is 23.4. The molecular weight excluding hydrogens is 468 g/mol. The van der Waals surface area contributed by atoms with Crippen molar-refractivity contribution >= 4 is 12.1 Å². The van der Waals surface area contributed by atoms with Gasteiger partial charge in [0, 0.05) is 37.7 Å². The molecule has 1 aromatic carbocycles. The number of rotatable bonds is 10. The van der Waals surface area contributed by atoms with Gasteiger partial charge >= 0.3 is 0 Å². The van der Waals surface area contributed by atoms with Crippen LogP contribution in [0.4, 0.5) is 8.92 Å². The Hall–Kier alpha value is -1.81. The molecule has 6 nitrogen and oxygen atoms in total. The van der Waals surface area contributed by atoms with E-state index in [9.17, 15) is 8.92 Å². The largest absolute Gasteiger partial charge is 0.405 e. The molecule has 2 atom stereocenters. The average molecular weight is 518 g/mol. The maximum atomic E-state index is 12.9. The van der Waals surface area contributed by atoms with Crippen molar-refractivity contribution in [3.05, 3.63) is 60.8 Å². The first-order valence-electron chi connectivity index (χ1n) is 12.2. The van der Waals surface area contributed by atoms with E-state index in [-0.39, 0.29) is 24.4 Å². The molecule has 1 aliphatic carbocycles. The van der Waals surface area contributed by atoms with Crippen LogP contribution in [0.2, 0.25) is 0 Å². The molecule has 1 unspecified atom stereocenters. The first-order chi connectivity index (χ1) is 16.7. The third-order valence-corrected chi connectivity index (χ3v) is 6.17. The number of halogens is 2. The van der Waals surface area contributed by atoms with Crippen LogP contribution in [0.1, 0.15) is 64.4 Å². The van der Waals surface area contributed by atoms with Gasteiger partial charge < -0.3 is 16.4 Å². The monoisotopic (exact) mass is 517 g/mol. The fourth-order valence-electron chi connectivity index (χ4n) is 3.39. The summed E-state index contributed by atoms with van der Waals surface area (Å²) in [5, 5.41) is 0. The predicted molar refractivity (Wildman–Crippen MR) is 148 cm³/mol. The summed E-state index contributed by atoms with van der Waals surface area (Å²) in [5.74, 6) is 0.964. The van der Waals surface area contributed by atoms with Crippen LogP contribution < -0.4 is 16.2 Å². The van der Waals surface area contributed by atoms with E-state index < -0.39 is 0 Å². The summed E-state index contributed by atoms with van der Waals surface area (Å²) in [7, 11) is 5.68. The lowest BCUT2D eigenvalue weighted by Gasteiger charge is -2.29. The van der Waals surface area contributed by atoms with Crippen molar-refractivity contribution in [2.75, 3.05) is 34.3 Å². The van der Waals surface area contributed by atoms with Gasteiger partial charge in [-0.15, -0.1) is 0 Å². The maximum Gasteiger partial charge on any atom is 0.123 e. The van der Waals surface area contributed by atoms with Gasteiger partial charge in [0.2, 0.25) is 0 Å². The number of nitrogens with one attached hydrogen (secondary N) is 1. The van der Waals surface area contributed by atoms with E-state index in [0.717, 1.165) is 0 Å². The molecule has 0 heterocycles. The summed E-state index contributed by atoms with van der Waals surface area (Å²) >= 11 is 1.46. The Morgan fingerprint density at radius 2 is 1.83 bits per heavy atom. The predicted octanol–water partition coefficient (Wildman–Crippen LogP) is 5.96. The average Bonchev–Trinajstić information content (AvgIpc) is 2.85. The van der Waals surface area contributed by atoms with Crippen molar-refractivity contribution in [3.8, 4) is 0 Å². The van der Waals surface area contributed by atoms with Gasteiger partial charge in [0.05, 0.1) is 12.4 Å². The highest BCUT2D eigenvalue weighted by Crippen LogP contribution is 2.32. The number of nitrogens with zero attached hydrogens (tertiary/aromatic N) is 2. The van der Waals surface area contributed by atoms with Gasteiger partial charge in [0.15, 0.2) is 0 Å². The van der Waals surface area contributed by atoms with Gasteiger partial charge in [-0.05, 0) is 68.2 Å². The molecule has 9 heteroatoms. The Labute approximate surface area is 217 Å². The zero-order valence-electron chi connectivity index (χ0n) is 22.6. The van der Waals surface area contributed by atoms with Crippen LogP contribution in [-0.4, -0.2) is 49.5 Å². The minimum atomic E-state index is -0.0944. The lowest BCUT2D eigenvalue weighted by Crippen LogP contribution is -2.40. The van der Waals surface area contributed by atoms with E-state index in [2.05, 4.69) is 34.6 Å². The number of hydrogen-bond acceptors (Lipinski definition) is 7. The van der Waals surface area contributed by atoms with Crippen LogP contribution in [0.5, 0.6) is 0 Å². The molecular formula is C26H49F2N5OS. The Morgan fingerprint density at radius 3 is 2.29 bits per heavy atom. The van der Waals surface area contributed by atoms with E-state index in [0.29, 0.717) is 18.3 Å². The van der Waals surface area contributed by atoms with Crippen molar-refractivity contribution in [1.82, 2.24) is 13.9 Å². The van der Waals surface area contributed by atoms with Crippen LogP contribution in [0.25, 0.3) is 0 Å². The van der Waals surface area contributed by atoms with E-state index in [1.165, 1.54) is 62.1 Å². The molecule has 1 fully saturated rings. The second-order valence-corrected chi connectivity index (χ2v) is 9.49. The molecule has 1 aromatic rings. The fourth-order valence-corrected chi connectivity index (χ4v) is 3.96. The normalized spacial score (nSPS) is 14.7. The number of benzene rings is 1. The van der Waals surface area contributed by atoms with E-state index >= 15 is 0 Å². The lowest BCUT2D eigenvalue weighted by atomic mass is 9.84. The number of nitrogens with two attached hydrogens (primary N) is 2. The third-order valence-electron chi connectivity index (χ3n) is 5.33. The molecule has 2 rings (SSSR count). The smallest absolute Gasteiger partial charge is 0.123 e. The van der Waals surface area contributed by atoms with Crippen molar-refractivity contribution in [1.29, 1.82) is 0 Å². The summed E-state index contributed by atoms with van der Waals surface area (Å²) in [6.45, 7) is 13.4. The molecule has 204 valence electrons. The highest BCUT2D eigenvalue weighted by Gasteiger charge is 2.20. The van der Waals surface area contributed by atoms with Gasteiger partial charge in [-0.2, -0.15) is 4.94 Å². The SMILES string of the molecule is C=C(N)N(C)C[C@@H](COF)C(C)NSN(C)C.C=CN.CC.Fc1cccc(C2CCCCC2)c1. The second-order valence-electron chi connectivity index (χ2n) is 8.34. The summed E-state index contributed by atoms with van der Waals surface area (Å²) in [4.78, 5) is 5.53. The van der Waals surface area contributed by atoms with E-state index in [4.69, 9.17) is 5.73 Å². The second kappa shape index (κ2) is 22.6. The van der Waals surface area contributed by atoms with Crippen molar-refractivity contribution < 1.29 is 13.9 Å². The molecule has 0 radical (unpaired) electrons. The van der Waals surface area contributed by atoms with Gasteiger partial charge in [0.25, 0.3) is 0 Å². The zero-order chi connectivity index (χ0) is 27.2. The van der Waals surface area contributed by atoms with Crippen LogP contribution in [-0.2, 0) is 4.94 Å². The highest BCUT2D eigenvalue weighted by atomic mass is 32.2. The summed E-state index contributed by atoms with van der Waals surface area (Å²) in [5.41, 5.74) is 11.4. The molecule has 0 amide bonds. The molecule has 0 spiro atoms. The standard InChI is InChI=1S/C12H15F.C10H23FN4OS.C2H5N.C2H6/c13-12-8-4-7-11(9-12)10-5-2-1-3-6-10;1-8(13-17-14(3)4)10(7-16-11)6-15(5)9(2)12;1-2-3;1-2/h4,7-10H,1-3,5-6H2;8,10,13H,2,6-7,12H2,1,3-5H3;2H,1,3H2;1-2H3/t;8?,10-;;/m.0../s1. The summed E-state index contributed by atoms with van der Waals surface area (Å²) in [6.07, 6.45) is 7.70. The highest BCUT2D eigenvalue weighted by molar-refractivity contribution is 7.95. The van der Waals surface area contributed by atoms with E-state index in [1.54, 1.807) is 11.0 Å². The van der Waals surface area contributed by atoms with Gasteiger partial charge in [-0.1, -0.05) is 58.4 Å². The summed E-state index contributed by atoms with van der Waals surface area (Å²) in [6, 6.07) is 7.17. The van der Waals surface area contributed by atoms with Gasteiger partial charge in [0.1, 0.15) is 5.82 Å². The van der Waals surface area contributed by atoms with Crippen LogP contribution in [0.3, 0.4) is 0 Å². The Balaban J connectivity index is 0. The van der Waals surface area contributed by atoms with Gasteiger partial charge in [-0.3, -0.25) is 0 Å². The minimum absolute atomic E-state index is 0.0160. The van der Waals surface area contributed by atoms with E-state index in [1.807, 2.05) is 52.3 Å². The van der Waals surface area contributed by atoms with Crippen LogP contribution in [0, 0.1) is 11.7 Å². The molecule has 1 saturated carbocycles. The molecule has 0 aromatic heterocycles. The van der Waals surface area contributed by atoms with Crippen molar-refractivity contribution in [2.24, 2.45) is 17.4 Å². The van der Waals surface area contributed by atoms with Crippen molar-refractivity contribution in [3.63, 3.8) is 0 Å². The Kier molecular flexibility index (Phi) is 22.9.